The molecule has 14 heavy (non-hydrogen) atoms. The molecule has 1 aliphatic heterocycles. The van der Waals surface area contributed by atoms with Gasteiger partial charge >= 0.3 is 0 Å². The zero-order valence-corrected chi connectivity index (χ0v) is 8.89. The van der Waals surface area contributed by atoms with Crippen molar-refractivity contribution in [1.82, 2.24) is 4.90 Å². The van der Waals surface area contributed by atoms with Gasteiger partial charge in [0.05, 0.1) is 0 Å². The molecule has 1 aromatic carbocycles. The molecule has 0 atom stereocenters. The molecule has 0 unspecified atom stereocenters. The van der Waals surface area contributed by atoms with E-state index < -0.39 is 0 Å². The lowest BCUT2D eigenvalue weighted by molar-refractivity contribution is 0.420. The molecule has 0 saturated heterocycles. The second-order valence-electron chi connectivity index (χ2n) is 3.63. The predicted octanol–water partition coefficient (Wildman–Crippen LogP) is 1.68. The Labute approximate surface area is 89.7 Å². The van der Waals surface area contributed by atoms with E-state index in [4.69, 9.17) is 18.0 Å². The molecule has 0 spiro atoms. The number of benzene rings is 1. The highest BCUT2D eigenvalue weighted by molar-refractivity contribution is 7.80. The minimum atomic E-state index is 0.515. The predicted molar refractivity (Wildman–Crippen MR) is 62.0 cm³/mol. The van der Waals surface area contributed by atoms with Crippen LogP contribution in [0.4, 0.5) is 0 Å². The van der Waals surface area contributed by atoms with Gasteiger partial charge in [0.25, 0.3) is 0 Å². The van der Waals surface area contributed by atoms with E-state index in [0.29, 0.717) is 5.11 Å². The minimum absolute atomic E-state index is 0.515. The molecule has 0 bridgehead atoms. The van der Waals surface area contributed by atoms with Gasteiger partial charge in [-0.15, -0.1) is 0 Å². The molecule has 0 radical (unpaired) electrons. The molecule has 0 fully saturated rings. The zero-order chi connectivity index (χ0) is 9.97. The first-order valence-electron chi connectivity index (χ1n) is 4.88. The molecule has 3 heteroatoms. The fourth-order valence-corrected chi connectivity index (χ4v) is 2.04. The summed E-state index contributed by atoms with van der Waals surface area (Å²) in [7, 11) is 0. The third-order valence-corrected chi connectivity index (χ3v) is 2.92. The summed E-state index contributed by atoms with van der Waals surface area (Å²) < 4.78 is 0. The Balaban J connectivity index is 2.26. The van der Waals surface area contributed by atoms with E-state index in [9.17, 15) is 0 Å². The first kappa shape index (κ1) is 9.46. The largest absolute Gasteiger partial charge is 0.376 e. The van der Waals surface area contributed by atoms with Gasteiger partial charge in [-0.05, 0) is 36.2 Å². The van der Waals surface area contributed by atoms with E-state index >= 15 is 0 Å². The van der Waals surface area contributed by atoms with Crippen molar-refractivity contribution >= 4 is 17.3 Å². The van der Waals surface area contributed by atoms with Gasteiger partial charge in [-0.2, -0.15) is 0 Å². The van der Waals surface area contributed by atoms with Gasteiger partial charge in [0, 0.05) is 13.1 Å². The lowest BCUT2D eigenvalue weighted by Crippen LogP contribution is -2.34. The van der Waals surface area contributed by atoms with Crippen LogP contribution in [0.25, 0.3) is 0 Å². The topological polar surface area (TPSA) is 29.3 Å². The standard InChI is InChI=1S/C11H14N2S/c12-11(14)13-7-3-6-9-4-1-2-5-10(9)8-13/h1-2,4-5H,3,6-8H2,(H2,12,14). The van der Waals surface area contributed by atoms with Crippen LogP contribution in [-0.2, 0) is 13.0 Å². The average Bonchev–Trinajstić information content (AvgIpc) is 2.39. The van der Waals surface area contributed by atoms with Gasteiger partial charge in [0.2, 0.25) is 0 Å². The molecule has 0 aromatic heterocycles. The Morgan fingerprint density at radius 2 is 2.00 bits per heavy atom. The highest BCUT2D eigenvalue weighted by Crippen LogP contribution is 2.17. The average molecular weight is 206 g/mol. The summed E-state index contributed by atoms with van der Waals surface area (Å²) in [5.74, 6) is 0. The van der Waals surface area contributed by atoms with Gasteiger partial charge in [-0.25, -0.2) is 0 Å². The Hall–Kier alpha value is -1.09. The van der Waals surface area contributed by atoms with Crippen molar-refractivity contribution in [1.29, 1.82) is 0 Å². The van der Waals surface area contributed by atoms with Crippen molar-refractivity contribution in [3.63, 3.8) is 0 Å². The molecule has 1 heterocycles. The molecule has 1 aliphatic rings. The van der Waals surface area contributed by atoms with Crippen LogP contribution in [0, 0.1) is 0 Å². The van der Waals surface area contributed by atoms with Crippen molar-refractivity contribution in [2.75, 3.05) is 6.54 Å². The van der Waals surface area contributed by atoms with Gasteiger partial charge in [-0.3, -0.25) is 0 Å². The third-order valence-electron chi connectivity index (χ3n) is 2.67. The number of rotatable bonds is 0. The number of fused-ring (bicyclic) bond motifs is 1. The van der Waals surface area contributed by atoms with Crippen LogP contribution in [0.3, 0.4) is 0 Å². The molecular formula is C11H14N2S. The van der Waals surface area contributed by atoms with Crippen LogP contribution < -0.4 is 5.73 Å². The summed E-state index contributed by atoms with van der Waals surface area (Å²) in [6.07, 6.45) is 2.27. The second-order valence-corrected chi connectivity index (χ2v) is 4.05. The number of nitrogens with zero attached hydrogens (tertiary/aromatic N) is 1. The van der Waals surface area contributed by atoms with Crippen LogP contribution in [0.15, 0.2) is 24.3 Å². The van der Waals surface area contributed by atoms with Crippen molar-refractivity contribution in [3.8, 4) is 0 Å². The number of hydrogen-bond donors (Lipinski definition) is 1. The van der Waals surface area contributed by atoms with E-state index in [1.807, 2.05) is 0 Å². The molecular weight excluding hydrogens is 192 g/mol. The van der Waals surface area contributed by atoms with E-state index in [1.54, 1.807) is 0 Å². The van der Waals surface area contributed by atoms with Crippen LogP contribution >= 0.6 is 12.2 Å². The van der Waals surface area contributed by atoms with E-state index in [-0.39, 0.29) is 0 Å². The maximum atomic E-state index is 5.65. The minimum Gasteiger partial charge on any atom is -0.376 e. The molecule has 2 N–H and O–H groups in total. The number of nitrogens with two attached hydrogens (primary N) is 1. The Kier molecular flexibility index (Phi) is 2.68. The van der Waals surface area contributed by atoms with Gasteiger partial charge in [0.15, 0.2) is 5.11 Å². The smallest absolute Gasteiger partial charge is 0.166 e. The van der Waals surface area contributed by atoms with Crippen molar-refractivity contribution in [2.45, 2.75) is 19.4 Å². The molecule has 2 nitrogen and oxygen atoms in total. The van der Waals surface area contributed by atoms with Gasteiger partial charge < -0.3 is 10.6 Å². The van der Waals surface area contributed by atoms with Crippen molar-refractivity contribution in [2.24, 2.45) is 5.73 Å². The van der Waals surface area contributed by atoms with Crippen LogP contribution in [-0.4, -0.2) is 16.6 Å². The summed E-state index contributed by atoms with van der Waals surface area (Å²) in [6, 6.07) is 8.52. The summed E-state index contributed by atoms with van der Waals surface area (Å²) in [4.78, 5) is 2.07. The van der Waals surface area contributed by atoms with E-state index in [2.05, 4.69) is 29.2 Å². The molecule has 1 aromatic rings. The van der Waals surface area contributed by atoms with Crippen LogP contribution in [0.1, 0.15) is 17.5 Å². The SMILES string of the molecule is NC(=S)N1CCCc2ccccc2C1. The quantitative estimate of drug-likeness (QED) is 0.655. The van der Waals surface area contributed by atoms with Crippen LogP contribution in [0.5, 0.6) is 0 Å². The summed E-state index contributed by atoms with van der Waals surface area (Å²) in [5.41, 5.74) is 8.45. The van der Waals surface area contributed by atoms with Gasteiger partial charge in [0.1, 0.15) is 0 Å². The highest BCUT2D eigenvalue weighted by Gasteiger charge is 2.13. The Morgan fingerprint density at radius 1 is 1.29 bits per heavy atom. The number of thiocarbonyl (C=S) groups is 1. The third kappa shape index (κ3) is 1.87. The summed E-state index contributed by atoms with van der Waals surface area (Å²) in [5, 5.41) is 0.515. The van der Waals surface area contributed by atoms with Crippen molar-refractivity contribution in [3.05, 3.63) is 35.4 Å². The zero-order valence-electron chi connectivity index (χ0n) is 8.07. The summed E-state index contributed by atoms with van der Waals surface area (Å²) in [6.45, 7) is 1.84. The maximum absolute atomic E-state index is 5.65. The summed E-state index contributed by atoms with van der Waals surface area (Å²) >= 11 is 5.01. The normalized spacial score (nSPS) is 15.9. The highest BCUT2D eigenvalue weighted by atomic mass is 32.1. The molecule has 74 valence electrons. The number of hydrogen-bond acceptors (Lipinski definition) is 1. The lowest BCUT2D eigenvalue weighted by Gasteiger charge is -2.20. The first-order chi connectivity index (χ1) is 6.77. The monoisotopic (exact) mass is 206 g/mol. The van der Waals surface area contributed by atoms with Crippen LogP contribution in [0.2, 0.25) is 0 Å². The molecule has 0 saturated carbocycles. The van der Waals surface area contributed by atoms with Crippen molar-refractivity contribution < 1.29 is 0 Å². The first-order valence-corrected chi connectivity index (χ1v) is 5.29. The Morgan fingerprint density at radius 3 is 2.71 bits per heavy atom. The number of aryl methyl sites for hydroxylation is 1. The molecule has 0 aliphatic carbocycles. The fraction of sp³-hybridized carbons (Fsp3) is 0.364. The molecule has 2 rings (SSSR count). The molecule has 0 amide bonds. The maximum Gasteiger partial charge on any atom is 0.166 e. The van der Waals surface area contributed by atoms with E-state index in [1.165, 1.54) is 11.1 Å². The lowest BCUT2D eigenvalue weighted by atomic mass is 10.0. The fourth-order valence-electron chi connectivity index (χ4n) is 1.89. The van der Waals surface area contributed by atoms with Gasteiger partial charge in [-0.1, -0.05) is 24.3 Å². The second kappa shape index (κ2) is 3.96. The van der Waals surface area contributed by atoms with E-state index in [0.717, 1.165) is 25.9 Å². The Bertz CT molecular complexity index is 349.